The topological polar surface area (TPSA) is 86.9 Å². The second-order valence-corrected chi connectivity index (χ2v) is 8.26. The summed E-state index contributed by atoms with van der Waals surface area (Å²) in [5, 5.41) is 9.03. The Bertz CT molecular complexity index is 438. The van der Waals surface area contributed by atoms with Gasteiger partial charge in [0, 0.05) is 24.3 Å². The van der Waals surface area contributed by atoms with Crippen molar-refractivity contribution in [2.75, 3.05) is 32.0 Å². The van der Waals surface area contributed by atoms with Gasteiger partial charge in [-0.05, 0) is 6.42 Å². The van der Waals surface area contributed by atoms with Gasteiger partial charge in [0.15, 0.2) is 0 Å². The molecule has 21 heavy (non-hydrogen) atoms. The highest BCUT2D eigenvalue weighted by Crippen LogP contribution is 2.44. The Morgan fingerprint density at radius 1 is 1.38 bits per heavy atom. The summed E-state index contributed by atoms with van der Waals surface area (Å²) in [6.07, 6.45) is 0.767. The van der Waals surface area contributed by atoms with Gasteiger partial charge in [-0.2, -0.15) is 0 Å². The van der Waals surface area contributed by atoms with Crippen LogP contribution < -0.4 is 5.73 Å². The van der Waals surface area contributed by atoms with Crippen LogP contribution in [-0.4, -0.2) is 69.6 Å². The number of likely N-dealkylation sites (tertiary alicyclic amines) is 1. The largest absolute Gasteiger partial charge is 0.394 e. The number of nitrogens with two attached hydrogens (primary N) is 1. The standard InChI is InChI=1S/C14H25N3O3S/c1-13(2,3)12(20)17-6-7-21-14(17)4-5-16(9-14)11(19)10(15)8-18/h10,18H,4-9,15H2,1-3H3/t10-,14?/m0/s1. The van der Waals surface area contributed by atoms with E-state index >= 15 is 0 Å². The fourth-order valence-corrected chi connectivity index (χ4v) is 4.37. The monoisotopic (exact) mass is 315 g/mol. The molecule has 0 aromatic rings. The van der Waals surface area contributed by atoms with Crippen molar-refractivity contribution >= 4 is 23.6 Å². The minimum atomic E-state index is -0.863. The first-order chi connectivity index (χ1) is 9.71. The fraction of sp³-hybridized carbons (Fsp3) is 0.857. The molecule has 7 heteroatoms. The van der Waals surface area contributed by atoms with Crippen molar-refractivity contribution in [3.63, 3.8) is 0 Å². The number of aliphatic hydroxyl groups is 1. The van der Waals surface area contributed by atoms with Crippen LogP contribution in [0, 0.1) is 5.41 Å². The van der Waals surface area contributed by atoms with E-state index in [1.807, 2.05) is 25.7 Å². The van der Waals surface area contributed by atoms with Crippen molar-refractivity contribution in [3.8, 4) is 0 Å². The summed E-state index contributed by atoms with van der Waals surface area (Å²) < 4.78 is 0. The molecule has 6 nitrogen and oxygen atoms in total. The van der Waals surface area contributed by atoms with Crippen LogP contribution in [0.1, 0.15) is 27.2 Å². The van der Waals surface area contributed by atoms with Crippen molar-refractivity contribution in [2.45, 2.75) is 38.1 Å². The van der Waals surface area contributed by atoms with Crippen molar-refractivity contribution in [1.29, 1.82) is 0 Å². The molecule has 0 radical (unpaired) electrons. The summed E-state index contributed by atoms with van der Waals surface area (Å²) in [5.74, 6) is 0.800. The third kappa shape index (κ3) is 3.05. The highest BCUT2D eigenvalue weighted by atomic mass is 32.2. The highest BCUT2D eigenvalue weighted by Gasteiger charge is 2.51. The first-order valence-electron chi connectivity index (χ1n) is 7.32. The maximum absolute atomic E-state index is 12.6. The summed E-state index contributed by atoms with van der Waals surface area (Å²) in [5.41, 5.74) is 5.20. The molecule has 0 aromatic carbocycles. The maximum atomic E-state index is 12.6. The Morgan fingerprint density at radius 2 is 2.05 bits per heavy atom. The Morgan fingerprint density at radius 3 is 2.62 bits per heavy atom. The lowest BCUT2D eigenvalue weighted by atomic mass is 9.93. The zero-order chi connectivity index (χ0) is 15.8. The van der Waals surface area contributed by atoms with Crippen LogP contribution in [0.4, 0.5) is 0 Å². The summed E-state index contributed by atoms with van der Waals surface area (Å²) in [4.78, 5) is 28.1. The maximum Gasteiger partial charge on any atom is 0.241 e. The summed E-state index contributed by atoms with van der Waals surface area (Å²) in [6, 6.07) is -0.863. The number of carbonyl (C=O) groups excluding carboxylic acids is 2. The number of thioether (sulfide) groups is 1. The quantitative estimate of drug-likeness (QED) is 0.740. The van der Waals surface area contributed by atoms with Crippen molar-refractivity contribution in [3.05, 3.63) is 0 Å². The lowest BCUT2D eigenvalue weighted by molar-refractivity contribution is -0.142. The zero-order valence-corrected chi connectivity index (χ0v) is 13.8. The molecule has 1 spiro atoms. The van der Waals surface area contributed by atoms with Gasteiger partial charge in [-0.3, -0.25) is 9.59 Å². The first kappa shape index (κ1) is 16.6. The van der Waals surface area contributed by atoms with E-state index in [9.17, 15) is 9.59 Å². The Kier molecular flexibility index (Phi) is 4.56. The second kappa shape index (κ2) is 5.78. The molecule has 120 valence electrons. The van der Waals surface area contributed by atoms with Gasteiger partial charge >= 0.3 is 0 Å². The van der Waals surface area contributed by atoms with Crippen molar-refractivity contribution < 1.29 is 14.7 Å². The van der Waals surface area contributed by atoms with E-state index in [4.69, 9.17) is 10.8 Å². The fourth-order valence-electron chi connectivity index (χ4n) is 2.90. The molecular formula is C14H25N3O3S. The minimum absolute atomic E-state index is 0.133. The van der Waals surface area contributed by atoms with Gasteiger partial charge in [0.2, 0.25) is 11.8 Å². The smallest absolute Gasteiger partial charge is 0.241 e. The number of hydrogen-bond donors (Lipinski definition) is 2. The molecule has 0 aliphatic carbocycles. The number of hydrogen-bond acceptors (Lipinski definition) is 5. The van der Waals surface area contributed by atoms with Crippen LogP contribution in [0.25, 0.3) is 0 Å². The van der Waals surface area contributed by atoms with E-state index in [0.717, 1.165) is 18.7 Å². The third-order valence-electron chi connectivity index (χ3n) is 4.10. The van der Waals surface area contributed by atoms with Crippen LogP contribution in [0.5, 0.6) is 0 Å². The van der Waals surface area contributed by atoms with E-state index in [1.165, 1.54) is 0 Å². The molecule has 2 saturated heterocycles. The number of rotatable bonds is 2. The molecule has 2 rings (SSSR count). The van der Waals surface area contributed by atoms with E-state index in [2.05, 4.69) is 0 Å². The highest BCUT2D eigenvalue weighted by molar-refractivity contribution is 8.00. The number of aliphatic hydroxyl groups excluding tert-OH is 1. The van der Waals surface area contributed by atoms with Gasteiger partial charge in [0.1, 0.15) is 10.9 Å². The van der Waals surface area contributed by atoms with Gasteiger partial charge in [-0.25, -0.2) is 0 Å². The van der Waals surface area contributed by atoms with Crippen LogP contribution in [-0.2, 0) is 9.59 Å². The predicted octanol–water partition coefficient (Wildman–Crippen LogP) is -0.144. The molecule has 2 atom stereocenters. The molecular weight excluding hydrogens is 290 g/mol. The minimum Gasteiger partial charge on any atom is -0.394 e. The third-order valence-corrected chi connectivity index (χ3v) is 5.58. The lowest BCUT2D eigenvalue weighted by Gasteiger charge is -2.37. The van der Waals surface area contributed by atoms with Crippen LogP contribution >= 0.6 is 11.8 Å². The Hall–Kier alpha value is -0.790. The molecule has 2 amide bonds. The first-order valence-corrected chi connectivity index (χ1v) is 8.31. The van der Waals surface area contributed by atoms with Gasteiger partial charge in [-0.1, -0.05) is 20.8 Å². The molecule has 2 fully saturated rings. The number of amides is 2. The number of nitrogens with zero attached hydrogens (tertiary/aromatic N) is 2. The zero-order valence-electron chi connectivity index (χ0n) is 13.0. The summed E-state index contributed by atoms with van der Waals surface area (Å²) in [6.45, 7) is 7.25. The predicted molar refractivity (Wildman–Crippen MR) is 82.6 cm³/mol. The Balaban J connectivity index is 2.13. The molecule has 2 heterocycles. The SMILES string of the molecule is CC(C)(C)C(=O)N1CCSC12CCN(C(=O)[C@@H](N)CO)C2. The van der Waals surface area contributed by atoms with Gasteiger partial charge in [-0.15, -0.1) is 11.8 Å². The summed E-state index contributed by atoms with van der Waals surface area (Å²) in [7, 11) is 0. The van der Waals surface area contributed by atoms with Crippen LogP contribution in [0.15, 0.2) is 0 Å². The molecule has 0 aromatic heterocycles. The normalized spacial score (nSPS) is 27.5. The lowest BCUT2D eigenvalue weighted by Crippen LogP contribution is -2.53. The average Bonchev–Trinajstić information content (AvgIpc) is 3.03. The van der Waals surface area contributed by atoms with Gasteiger partial charge < -0.3 is 20.6 Å². The van der Waals surface area contributed by atoms with Gasteiger partial charge in [0.25, 0.3) is 0 Å². The Labute approximate surface area is 130 Å². The van der Waals surface area contributed by atoms with Crippen LogP contribution in [0.3, 0.4) is 0 Å². The van der Waals surface area contributed by atoms with Crippen LogP contribution in [0.2, 0.25) is 0 Å². The molecule has 3 N–H and O–H groups in total. The molecule has 0 bridgehead atoms. The van der Waals surface area contributed by atoms with E-state index < -0.39 is 11.5 Å². The van der Waals surface area contributed by atoms with E-state index in [1.54, 1.807) is 16.7 Å². The molecule has 2 aliphatic heterocycles. The molecule has 2 aliphatic rings. The number of carbonyl (C=O) groups is 2. The van der Waals surface area contributed by atoms with E-state index in [-0.39, 0.29) is 23.3 Å². The van der Waals surface area contributed by atoms with Crippen molar-refractivity contribution in [1.82, 2.24) is 9.80 Å². The second-order valence-electron chi connectivity index (χ2n) is 6.80. The molecule has 0 saturated carbocycles. The van der Waals surface area contributed by atoms with Gasteiger partial charge in [0.05, 0.1) is 13.2 Å². The van der Waals surface area contributed by atoms with Crippen molar-refractivity contribution in [2.24, 2.45) is 11.1 Å². The molecule has 1 unspecified atom stereocenters. The van der Waals surface area contributed by atoms with E-state index in [0.29, 0.717) is 13.1 Å². The summed E-state index contributed by atoms with van der Waals surface area (Å²) >= 11 is 1.75. The average molecular weight is 315 g/mol.